The lowest BCUT2D eigenvalue weighted by Crippen LogP contribution is -2.65. The first-order chi connectivity index (χ1) is 5.93. The molecular weight excluding hydrogens is 192 g/mol. The number of piperazine rings is 1. The molecule has 0 aromatic rings. The van der Waals surface area contributed by atoms with Crippen LogP contribution in [0.25, 0.3) is 0 Å². The van der Waals surface area contributed by atoms with Gasteiger partial charge in [-0.1, -0.05) is 0 Å². The molecule has 1 unspecified atom stereocenters. The minimum absolute atomic E-state index is 0.452. The minimum atomic E-state index is -0.981. The number of hydrogen-bond acceptors (Lipinski definition) is 4. The molecule has 0 aromatic carbocycles. The second-order valence-electron chi connectivity index (χ2n) is 2.83. The Kier molecular flexibility index (Phi) is 2.34. The average Bonchev–Trinajstić information content (AvgIpc) is 2.11. The van der Waals surface area contributed by atoms with Crippen molar-refractivity contribution in [1.82, 2.24) is 10.2 Å². The Morgan fingerprint density at radius 2 is 1.92 bits per heavy atom. The Morgan fingerprint density at radius 1 is 1.38 bits per heavy atom. The maximum absolute atomic E-state index is 11.4. The van der Waals surface area contributed by atoms with Crippen molar-refractivity contribution in [2.24, 2.45) is 0 Å². The van der Waals surface area contributed by atoms with Gasteiger partial charge in [-0.25, -0.2) is 0 Å². The molecule has 0 aromatic heterocycles. The van der Waals surface area contributed by atoms with E-state index in [-0.39, 0.29) is 0 Å². The first-order valence-corrected chi connectivity index (χ1v) is 4.84. The van der Waals surface area contributed by atoms with Crippen molar-refractivity contribution in [2.75, 3.05) is 13.3 Å². The number of hydrogen-bond donors (Lipinski definition) is 1. The van der Waals surface area contributed by atoms with Crippen LogP contribution in [0, 0.1) is 0 Å². The van der Waals surface area contributed by atoms with Gasteiger partial charge in [-0.3, -0.25) is 19.7 Å². The monoisotopic (exact) mass is 202 g/mol. The predicted octanol–water partition coefficient (Wildman–Crippen LogP) is -0.820. The van der Waals surface area contributed by atoms with Crippen LogP contribution in [0.15, 0.2) is 0 Å². The molecule has 1 heterocycles. The average molecular weight is 202 g/mol. The number of amides is 3. The van der Waals surface area contributed by atoms with Crippen LogP contribution in [0.2, 0.25) is 0 Å². The summed E-state index contributed by atoms with van der Waals surface area (Å²) in [5.74, 6) is -2.00. The summed E-state index contributed by atoms with van der Waals surface area (Å²) >= 11 is 1.21. The van der Waals surface area contributed by atoms with Gasteiger partial charge in [-0.2, -0.15) is 0 Å². The van der Waals surface area contributed by atoms with Gasteiger partial charge in [-0.15, -0.1) is 11.8 Å². The molecule has 0 bridgehead atoms. The summed E-state index contributed by atoms with van der Waals surface area (Å²) in [6.45, 7) is 1.59. The van der Waals surface area contributed by atoms with Gasteiger partial charge in [-0.05, 0) is 13.2 Å². The third-order valence-corrected chi connectivity index (χ3v) is 3.44. The van der Waals surface area contributed by atoms with E-state index in [4.69, 9.17) is 0 Å². The van der Waals surface area contributed by atoms with E-state index >= 15 is 0 Å². The third kappa shape index (κ3) is 1.31. The van der Waals surface area contributed by atoms with Crippen molar-refractivity contribution < 1.29 is 14.4 Å². The molecule has 0 spiro atoms. The number of nitrogens with zero attached hydrogens (tertiary/aromatic N) is 1. The zero-order valence-corrected chi connectivity index (χ0v) is 8.40. The molecule has 0 radical (unpaired) electrons. The van der Waals surface area contributed by atoms with E-state index in [1.165, 1.54) is 18.8 Å². The SMILES string of the molecule is CSC1(C)C(=O)NC(=O)C(=O)N1C. The van der Waals surface area contributed by atoms with Crippen LogP contribution in [-0.4, -0.2) is 40.8 Å². The fourth-order valence-electron chi connectivity index (χ4n) is 1.00. The maximum atomic E-state index is 11.4. The molecule has 1 rings (SSSR count). The fourth-order valence-corrected chi connectivity index (χ4v) is 1.59. The molecule has 6 heteroatoms. The highest BCUT2D eigenvalue weighted by molar-refractivity contribution is 8.00. The van der Waals surface area contributed by atoms with Crippen molar-refractivity contribution in [2.45, 2.75) is 11.8 Å². The molecule has 3 amide bonds. The van der Waals surface area contributed by atoms with E-state index in [0.717, 1.165) is 4.90 Å². The molecular formula is C7H10N2O3S. The van der Waals surface area contributed by atoms with E-state index in [0.29, 0.717) is 0 Å². The second-order valence-corrected chi connectivity index (χ2v) is 4.04. The van der Waals surface area contributed by atoms with E-state index in [1.807, 2.05) is 5.32 Å². The zero-order chi connectivity index (χ0) is 10.2. The van der Waals surface area contributed by atoms with E-state index in [1.54, 1.807) is 13.2 Å². The fraction of sp³-hybridized carbons (Fsp3) is 0.571. The Labute approximate surface area is 79.8 Å². The summed E-state index contributed by atoms with van der Waals surface area (Å²) in [7, 11) is 1.44. The summed E-state index contributed by atoms with van der Waals surface area (Å²) in [5, 5.41) is 2.01. The highest BCUT2D eigenvalue weighted by atomic mass is 32.2. The predicted molar refractivity (Wildman–Crippen MR) is 47.8 cm³/mol. The second kappa shape index (κ2) is 3.02. The molecule has 1 fully saturated rings. The van der Waals surface area contributed by atoms with Crippen LogP contribution in [-0.2, 0) is 14.4 Å². The van der Waals surface area contributed by atoms with Crippen molar-refractivity contribution in [3.05, 3.63) is 0 Å². The molecule has 1 aliphatic heterocycles. The van der Waals surface area contributed by atoms with Crippen LogP contribution in [0.1, 0.15) is 6.92 Å². The van der Waals surface area contributed by atoms with Crippen LogP contribution < -0.4 is 5.32 Å². The summed E-state index contributed by atoms with van der Waals surface area (Å²) in [4.78, 5) is 33.6. The molecule has 0 aliphatic carbocycles. The molecule has 1 saturated heterocycles. The van der Waals surface area contributed by atoms with Crippen LogP contribution in [0.5, 0.6) is 0 Å². The van der Waals surface area contributed by atoms with Crippen molar-refractivity contribution in [1.29, 1.82) is 0 Å². The number of likely N-dealkylation sites (N-methyl/N-ethyl adjacent to an activating group) is 1. The summed E-state index contributed by atoms with van der Waals surface area (Å²) < 4.78 is 0. The Morgan fingerprint density at radius 3 is 2.38 bits per heavy atom. The number of carbonyl (C=O) groups excluding carboxylic acids is 3. The smallest absolute Gasteiger partial charge is 0.314 e. The number of rotatable bonds is 1. The van der Waals surface area contributed by atoms with Gasteiger partial charge in [0.15, 0.2) is 4.87 Å². The Bertz CT molecular complexity index is 291. The lowest BCUT2D eigenvalue weighted by molar-refractivity contribution is -0.156. The maximum Gasteiger partial charge on any atom is 0.316 e. The highest BCUT2D eigenvalue weighted by Gasteiger charge is 2.46. The first kappa shape index (κ1) is 10.0. The number of carbonyl (C=O) groups is 3. The topological polar surface area (TPSA) is 66.5 Å². The highest BCUT2D eigenvalue weighted by Crippen LogP contribution is 2.28. The third-order valence-electron chi connectivity index (χ3n) is 2.18. The molecule has 5 nitrogen and oxygen atoms in total. The molecule has 13 heavy (non-hydrogen) atoms. The van der Waals surface area contributed by atoms with Crippen LogP contribution >= 0.6 is 11.8 Å². The van der Waals surface area contributed by atoms with E-state index < -0.39 is 22.6 Å². The van der Waals surface area contributed by atoms with Gasteiger partial charge in [0.05, 0.1) is 0 Å². The zero-order valence-electron chi connectivity index (χ0n) is 7.58. The molecule has 1 N–H and O–H groups in total. The number of imide groups is 1. The van der Waals surface area contributed by atoms with Gasteiger partial charge in [0, 0.05) is 7.05 Å². The molecule has 1 atom stereocenters. The molecule has 1 aliphatic rings. The van der Waals surface area contributed by atoms with Crippen molar-refractivity contribution in [3.8, 4) is 0 Å². The molecule has 72 valence electrons. The summed E-state index contributed by atoms with van der Waals surface area (Å²) in [6.07, 6.45) is 1.71. The largest absolute Gasteiger partial charge is 0.316 e. The summed E-state index contributed by atoms with van der Waals surface area (Å²) in [5.41, 5.74) is 0. The van der Waals surface area contributed by atoms with Gasteiger partial charge in [0.25, 0.3) is 5.91 Å². The van der Waals surface area contributed by atoms with Crippen molar-refractivity contribution >= 4 is 29.5 Å². The number of nitrogens with one attached hydrogen (secondary N) is 1. The lowest BCUT2D eigenvalue weighted by Gasteiger charge is -2.38. The molecule has 0 saturated carbocycles. The van der Waals surface area contributed by atoms with Gasteiger partial charge in [0.2, 0.25) is 0 Å². The minimum Gasteiger partial charge on any atom is -0.314 e. The van der Waals surface area contributed by atoms with Gasteiger partial charge < -0.3 is 4.90 Å². The number of thioether (sulfide) groups is 1. The summed E-state index contributed by atoms with van der Waals surface area (Å²) in [6, 6.07) is 0. The lowest BCUT2D eigenvalue weighted by atomic mass is 10.2. The first-order valence-electron chi connectivity index (χ1n) is 3.62. The Balaban J connectivity index is 3.06. The van der Waals surface area contributed by atoms with E-state index in [2.05, 4.69) is 0 Å². The van der Waals surface area contributed by atoms with Crippen LogP contribution in [0.4, 0.5) is 0 Å². The van der Waals surface area contributed by atoms with Gasteiger partial charge in [0.1, 0.15) is 0 Å². The van der Waals surface area contributed by atoms with Gasteiger partial charge >= 0.3 is 11.8 Å². The van der Waals surface area contributed by atoms with Crippen molar-refractivity contribution in [3.63, 3.8) is 0 Å². The van der Waals surface area contributed by atoms with Crippen LogP contribution in [0.3, 0.4) is 0 Å². The van der Waals surface area contributed by atoms with E-state index in [9.17, 15) is 14.4 Å². The Hall–Kier alpha value is -1.04. The standard InChI is InChI=1S/C7H10N2O3S/c1-7(13-3)6(12)8-4(10)5(11)9(7)2/h1-3H3,(H,8,10,12). The normalized spacial score (nSPS) is 29.2. The quantitative estimate of drug-likeness (QED) is 0.445.